The Labute approximate surface area is 120 Å². The summed E-state index contributed by atoms with van der Waals surface area (Å²) < 4.78 is 4.90. The molecule has 20 heavy (non-hydrogen) atoms. The molecule has 0 bridgehead atoms. The highest BCUT2D eigenvalue weighted by Gasteiger charge is 2.19. The highest BCUT2D eigenvalue weighted by Crippen LogP contribution is 2.30. The fraction of sp³-hybridized carbons (Fsp3) is 0.562. The van der Waals surface area contributed by atoms with Gasteiger partial charge in [0.15, 0.2) is 0 Å². The van der Waals surface area contributed by atoms with Crippen molar-refractivity contribution in [2.24, 2.45) is 0 Å². The predicted molar refractivity (Wildman–Crippen MR) is 79.9 cm³/mol. The Morgan fingerprint density at radius 2 is 2.25 bits per heavy atom. The Balaban J connectivity index is 1.74. The van der Waals surface area contributed by atoms with Gasteiger partial charge in [-0.15, -0.1) is 0 Å². The summed E-state index contributed by atoms with van der Waals surface area (Å²) in [6.07, 6.45) is 3.63. The predicted octanol–water partition coefficient (Wildman–Crippen LogP) is 1.46. The maximum Gasteiger partial charge on any atom is 0.234 e. The van der Waals surface area contributed by atoms with Crippen molar-refractivity contribution < 1.29 is 9.53 Å². The number of rotatable bonds is 7. The van der Waals surface area contributed by atoms with Gasteiger partial charge >= 0.3 is 0 Å². The maximum absolute atomic E-state index is 11.6. The molecule has 0 radical (unpaired) electrons. The molecule has 2 rings (SSSR count). The Morgan fingerprint density at radius 1 is 1.40 bits per heavy atom. The largest absolute Gasteiger partial charge is 0.383 e. The molecule has 0 fully saturated rings. The van der Waals surface area contributed by atoms with Gasteiger partial charge in [0.1, 0.15) is 0 Å². The number of ether oxygens (including phenoxy) is 1. The molecule has 2 N–H and O–H groups in total. The van der Waals surface area contributed by atoms with Crippen LogP contribution in [0.5, 0.6) is 0 Å². The summed E-state index contributed by atoms with van der Waals surface area (Å²) in [6.45, 7) is 2.38. The van der Waals surface area contributed by atoms with E-state index >= 15 is 0 Å². The molecule has 1 amide bonds. The van der Waals surface area contributed by atoms with Crippen LogP contribution in [-0.4, -0.2) is 39.3 Å². The summed E-state index contributed by atoms with van der Waals surface area (Å²) in [6, 6.07) is 8.66. The van der Waals surface area contributed by atoms with Crippen LogP contribution in [0.2, 0.25) is 0 Å². The maximum atomic E-state index is 11.6. The first-order valence-corrected chi connectivity index (χ1v) is 7.35. The van der Waals surface area contributed by atoms with E-state index in [2.05, 4.69) is 34.9 Å². The van der Waals surface area contributed by atoms with E-state index in [1.54, 1.807) is 7.11 Å². The van der Waals surface area contributed by atoms with E-state index in [0.29, 0.717) is 25.6 Å². The smallest absolute Gasteiger partial charge is 0.234 e. The van der Waals surface area contributed by atoms with E-state index in [9.17, 15) is 4.79 Å². The lowest BCUT2D eigenvalue weighted by Crippen LogP contribution is -2.37. The summed E-state index contributed by atoms with van der Waals surface area (Å²) >= 11 is 0. The third kappa shape index (κ3) is 4.32. The lowest BCUT2D eigenvalue weighted by atomic mass is 9.83. The van der Waals surface area contributed by atoms with Gasteiger partial charge in [0, 0.05) is 20.2 Å². The van der Waals surface area contributed by atoms with Gasteiger partial charge in [-0.1, -0.05) is 24.3 Å². The van der Waals surface area contributed by atoms with Crippen molar-refractivity contribution in [2.45, 2.75) is 25.2 Å². The summed E-state index contributed by atoms with van der Waals surface area (Å²) in [5.74, 6) is 0.567. The van der Waals surface area contributed by atoms with Crippen LogP contribution in [0.25, 0.3) is 0 Å². The van der Waals surface area contributed by atoms with Gasteiger partial charge in [-0.2, -0.15) is 0 Å². The minimum absolute atomic E-state index is 0.0335. The first kappa shape index (κ1) is 15.0. The van der Waals surface area contributed by atoms with Crippen molar-refractivity contribution in [2.75, 3.05) is 33.4 Å². The van der Waals surface area contributed by atoms with Crippen LogP contribution in [0.15, 0.2) is 24.3 Å². The molecule has 1 aromatic rings. The first-order chi connectivity index (χ1) is 9.81. The minimum Gasteiger partial charge on any atom is -0.383 e. The van der Waals surface area contributed by atoms with E-state index in [-0.39, 0.29) is 5.91 Å². The fourth-order valence-corrected chi connectivity index (χ4v) is 2.78. The summed E-state index contributed by atoms with van der Waals surface area (Å²) in [4.78, 5) is 11.6. The number of hydrogen-bond donors (Lipinski definition) is 2. The van der Waals surface area contributed by atoms with Crippen LogP contribution >= 0.6 is 0 Å². The van der Waals surface area contributed by atoms with Crippen molar-refractivity contribution in [3.05, 3.63) is 35.4 Å². The van der Waals surface area contributed by atoms with Crippen molar-refractivity contribution in [3.63, 3.8) is 0 Å². The van der Waals surface area contributed by atoms with Crippen LogP contribution in [0.4, 0.5) is 0 Å². The second-order valence-electron chi connectivity index (χ2n) is 5.26. The zero-order chi connectivity index (χ0) is 14.2. The molecule has 0 saturated carbocycles. The van der Waals surface area contributed by atoms with Gasteiger partial charge < -0.3 is 15.4 Å². The van der Waals surface area contributed by atoms with E-state index in [1.807, 2.05) is 0 Å². The lowest BCUT2D eigenvalue weighted by Gasteiger charge is -2.25. The second kappa shape index (κ2) is 8.02. The first-order valence-electron chi connectivity index (χ1n) is 7.35. The summed E-state index contributed by atoms with van der Waals surface area (Å²) in [5, 5.41) is 6.08. The van der Waals surface area contributed by atoms with Crippen molar-refractivity contribution >= 4 is 5.91 Å². The Bertz CT molecular complexity index is 434. The molecule has 0 aliphatic heterocycles. The van der Waals surface area contributed by atoms with Gasteiger partial charge in [0.05, 0.1) is 13.2 Å². The number of amides is 1. The highest BCUT2D eigenvalue weighted by atomic mass is 16.5. The van der Waals surface area contributed by atoms with Crippen LogP contribution in [0, 0.1) is 0 Å². The van der Waals surface area contributed by atoms with E-state index in [4.69, 9.17) is 4.74 Å². The molecular formula is C16H24N2O2. The molecule has 1 atom stereocenters. The van der Waals surface area contributed by atoms with Gasteiger partial charge in [-0.3, -0.25) is 4.79 Å². The van der Waals surface area contributed by atoms with Gasteiger partial charge in [0.2, 0.25) is 5.91 Å². The normalized spacial score (nSPS) is 17.6. The molecule has 1 unspecified atom stereocenters. The molecule has 4 nitrogen and oxygen atoms in total. The molecule has 0 heterocycles. The third-order valence-corrected chi connectivity index (χ3v) is 3.80. The van der Waals surface area contributed by atoms with Crippen LogP contribution < -0.4 is 10.6 Å². The molecule has 0 aromatic heterocycles. The average molecular weight is 276 g/mol. The number of benzene rings is 1. The Kier molecular flexibility index (Phi) is 6.02. The van der Waals surface area contributed by atoms with Crippen LogP contribution in [-0.2, 0) is 16.0 Å². The number of fused-ring (bicyclic) bond motifs is 1. The fourth-order valence-electron chi connectivity index (χ4n) is 2.78. The standard InChI is InChI=1S/C16H24N2O2/c1-20-10-9-18-16(19)12-17-11-14-7-4-6-13-5-2-3-8-15(13)14/h2-3,5,8,14,17H,4,6-7,9-12H2,1H3,(H,18,19). The third-order valence-electron chi connectivity index (χ3n) is 3.80. The Hall–Kier alpha value is -1.39. The molecule has 1 aliphatic carbocycles. The van der Waals surface area contributed by atoms with Crippen molar-refractivity contribution in [1.82, 2.24) is 10.6 Å². The Morgan fingerprint density at radius 3 is 3.10 bits per heavy atom. The number of carbonyl (C=O) groups is 1. The van der Waals surface area contributed by atoms with Crippen LogP contribution in [0.3, 0.4) is 0 Å². The molecular weight excluding hydrogens is 252 g/mol. The topological polar surface area (TPSA) is 50.4 Å². The SMILES string of the molecule is COCCNC(=O)CNCC1CCCc2ccccc21. The molecule has 1 aliphatic rings. The van der Waals surface area contributed by atoms with E-state index in [0.717, 1.165) is 6.54 Å². The zero-order valence-corrected chi connectivity index (χ0v) is 12.2. The minimum atomic E-state index is 0.0335. The van der Waals surface area contributed by atoms with E-state index < -0.39 is 0 Å². The van der Waals surface area contributed by atoms with Gasteiger partial charge in [-0.25, -0.2) is 0 Å². The summed E-state index contributed by atoms with van der Waals surface area (Å²) in [5.41, 5.74) is 2.92. The quantitative estimate of drug-likeness (QED) is 0.741. The number of hydrogen-bond acceptors (Lipinski definition) is 3. The van der Waals surface area contributed by atoms with Crippen LogP contribution in [0.1, 0.15) is 29.9 Å². The number of aryl methyl sites for hydroxylation is 1. The molecule has 110 valence electrons. The number of carbonyl (C=O) groups excluding carboxylic acids is 1. The molecule has 0 saturated heterocycles. The zero-order valence-electron chi connectivity index (χ0n) is 12.2. The lowest BCUT2D eigenvalue weighted by molar-refractivity contribution is -0.120. The monoisotopic (exact) mass is 276 g/mol. The average Bonchev–Trinajstić information content (AvgIpc) is 2.48. The number of methoxy groups -OCH3 is 1. The molecule has 4 heteroatoms. The highest BCUT2D eigenvalue weighted by molar-refractivity contribution is 5.77. The van der Waals surface area contributed by atoms with E-state index in [1.165, 1.54) is 30.4 Å². The van der Waals surface area contributed by atoms with Crippen molar-refractivity contribution in [3.8, 4) is 0 Å². The molecule has 1 aromatic carbocycles. The second-order valence-corrected chi connectivity index (χ2v) is 5.26. The molecule has 0 spiro atoms. The van der Waals surface area contributed by atoms with Gasteiger partial charge in [-0.05, 0) is 36.3 Å². The van der Waals surface area contributed by atoms with Gasteiger partial charge in [0.25, 0.3) is 0 Å². The van der Waals surface area contributed by atoms with Crippen molar-refractivity contribution in [1.29, 1.82) is 0 Å². The summed E-state index contributed by atoms with van der Waals surface area (Å²) in [7, 11) is 1.63. The number of nitrogens with one attached hydrogen (secondary N) is 2.